The first-order chi connectivity index (χ1) is 14.4. The summed E-state index contributed by atoms with van der Waals surface area (Å²) in [5, 5.41) is 13.7. The van der Waals surface area contributed by atoms with Gasteiger partial charge in [0.1, 0.15) is 5.75 Å². The Hall–Kier alpha value is -2.68. The molecule has 0 radical (unpaired) electrons. The average molecular weight is 433 g/mol. The molecule has 0 aromatic heterocycles. The lowest BCUT2D eigenvalue weighted by Gasteiger charge is -2.34. The molecule has 2 aromatic carbocycles. The number of nitrogens with one attached hydrogen (secondary N) is 1. The maximum atomic E-state index is 12.3. The van der Waals surface area contributed by atoms with E-state index in [1.807, 2.05) is 19.1 Å². The fraction of sp³-hybridized carbons (Fsp3) is 0.381. The second kappa shape index (κ2) is 10.4. The maximum absolute atomic E-state index is 12.3. The van der Waals surface area contributed by atoms with E-state index in [1.54, 1.807) is 0 Å². The number of amides is 1. The van der Waals surface area contributed by atoms with Gasteiger partial charge in [0, 0.05) is 44.9 Å². The van der Waals surface area contributed by atoms with E-state index >= 15 is 0 Å². The highest BCUT2D eigenvalue weighted by atomic mass is 35.5. The van der Waals surface area contributed by atoms with Gasteiger partial charge in [-0.15, -0.1) is 0 Å². The Labute approximate surface area is 180 Å². The summed E-state index contributed by atoms with van der Waals surface area (Å²) in [7, 11) is 0. The van der Waals surface area contributed by atoms with Crippen LogP contribution in [0, 0.1) is 10.1 Å². The molecular formula is C21H25ClN4O4. The molecule has 1 aliphatic heterocycles. The van der Waals surface area contributed by atoms with Crippen molar-refractivity contribution in [1.29, 1.82) is 0 Å². The first-order valence-corrected chi connectivity index (χ1v) is 10.2. The molecule has 0 bridgehead atoms. The van der Waals surface area contributed by atoms with Crippen molar-refractivity contribution in [2.45, 2.75) is 13.5 Å². The average Bonchev–Trinajstić information content (AvgIpc) is 2.72. The molecule has 1 fully saturated rings. The standard InChI is InChI=1S/C21H25ClN4O4/c1-2-30-18-6-3-16(4-7-18)14-24-9-11-25(12-10-24)15-21(27)23-20-8-5-17(26(28)29)13-19(20)22/h3-8,13H,2,9-12,14-15H2,1H3,(H,23,27). The number of non-ortho nitro benzene ring substituents is 1. The Morgan fingerprint density at radius 3 is 2.40 bits per heavy atom. The van der Waals surface area contributed by atoms with Crippen LogP contribution in [0.25, 0.3) is 0 Å². The van der Waals surface area contributed by atoms with Crippen LogP contribution in [0.15, 0.2) is 42.5 Å². The van der Waals surface area contributed by atoms with Crippen molar-refractivity contribution in [2.75, 3.05) is 44.6 Å². The van der Waals surface area contributed by atoms with Crippen LogP contribution in [0.2, 0.25) is 5.02 Å². The zero-order valence-corrected chi connectivity index (χ0v) is 17.6. The number of carbonyl (C=O) groups is 1. The first-order valence-electron chi connectivity index (χ1n) is 9.85. The quantitative estimate of drug-likeness (QED) is 0.508. The number of piperazine rings is 1. The van der Waals surface area contributed by atoms with Crippen LogP contribution in [0.4, 0.5) is 11.4 Å². The predicted octanol–water partition coefficient (Wildman–Crippen LogP) is 3.40. The van der Waals surface area contributed by atoms with Gasteiger partial charge in [0.05, 0.1) is 28.8 Å². The molecule has 0 saturated carbocycles. The number of anilines is 1. The molecule has 1 saturated heterocycles. The van der Waals surface area contributed by atoms with Gasteiger partial charge >= 0.3 is 0 Å². The molecule has 160 valence electrons. The summed E-state index contributed by atoms with van der Waals surface area (Å²) in [6.07, 6.45) is 0. The Morgan fingerprint density at radius 2 is 1.80 bits per heavy atom. The minimum Gasteiger partial charge on any atom is -0.494 e. The fourth-order valence-corrected chi connectivity index (χ4v) is 3.56. The number of ether oxygens (including phenoxy) is 1. The van der Waals surface area contributed by atoms with E-state index in [-0.39, 0.29) is 23.2 Å². The van der Waals surface area contributed by atoms with E-state index in [2.05, 4.69) is 27.2 Å². The highest BCUT2D eigenvalue weighted by Gasteiger charge is 2.20. The Balaban J connectivity index is 1.44. The van der Waals surface area contributed by atoms with Gasteiger partial charge in [-0.25, -0.2) is 0 Å². The third-order valence-electron chi connectivity index (χ3n) is 4.91. The van der Waals surface area contributed by atoms with Crippen molar-refractivity contribution in [3.8, 4) is 5.75 Å². The molecule has 1 aliphatic rings. The number of nitrogens with zero attached hydrogens (tertiary/aromatic N) is 3. The molecule has 0 atom stereocenters. The molecule has 9 heteroatoms. The topological polar surface area (TPSA) is 88.0 Å². The summed E-state index contributed by atoms with van der Waals surface area (Å²) >= 11 is 6.04. The number of rotatable bonds is 8. The summed E-state index contributed by atoms with van der Waals surface area (Å²) in [6, 6.07) is 12.1. The number of hydrogen-bond acceptors (Lipinski definition) is 6. The zero-order valence-electron chi connectivity index (χ0n) is 16.8. The lowest BCUT2D eigenvalue weighted by Crippen LogP contribution is -2.48. The Morgan fingerprint density at radius 1 is 1.13 bits per heavy atom. The van der Waals surface area contributed by atoms with Crippen LogP contribution in [0.1, 0.15) is 12.5 Å². The first kappa shape index (κ1) is 22.0. The van der Waals surface area contributed by atoms with Crippen LogP contribution >= 0.6 is 11.6 Å². The minimum atomic E-state index is -0.524. The monoisotopic (exact) mass is 432 g/mol. The maximum Gasteiger partial charge on any atom is 0.271 e. The number of nitro benzene ring substituents is 1. The molecule has 0 spiro atoms. The molecule has 2 aromatic rings. The van der Waals surface area contributed by atoms with Crippen LogP contribution in [0.5, 0.6) is 5.75 Å². The number of hydrogen-bond donors (Lipinski definition) is 1. The van der Waals surface area contributed by atoms with Gasteiger partial charge in [0.25, 0.3) is 5.69 Å². The van der Waals surface area contributed by atoms with Gasteiger partial charge in [0.2, 0.25) is 5.91 Å². The van der Waals surface area contributed by atoms with Crippen LogP contribution < -0.4 is 10.1 Å². The molecule has 1 N–H and O–H groups in total. The summed E-state index contributed by atoms with van der Waals surface area (Å²) in [6.45, 7) is 7.07. The fourth-order valence-electron chi connectivity index (χ4n) is 3.33. The second-order valence-electron chi connectivity index (χ2n) is 7.10. The molecule has 1 heterocycles. The van der Waals surface area contributed by atoms with Crippen LogP contribution in [0.3, 0.4) is 0 Å². The van der Waals surface area contributed by atoms with Gasteiger partial charge in [0.15, 0.2) is 0 Å². The lowest BCUT2D eigenvalue weighted by atomic mass is 10.2. The highest BCUT2D eigenvalue weighted by Crippen LogP contribution is 2.26. The normalized spacial score (nSPS) is 15.0. The Bertz CT molecular complexity index is 883. The van der Waals surface area contributed by atoms with E-state index in [1.165, 1.54) is 23.8 Å². The number of halogens is 1. The van der Waals surface area contributed by atoms with E-state index < -0.39 is 4.92 Å². The van der Waals surface area contributed by atoms with Crippen molar-refractivity contribution >= 4 is 28.9 Å². The summed E-state index contributed by atoms with van der Waals surface area (Å²) in [4.78, 5) is 27.0. The smallest absolute Gasteiger partial charge is 0.271 e. The lowest BCUT2D eigenvalue weighted by molar-refractivity contribution is -0.384. The van der Waals surface area contributed by atoms with Gasteiger partial charge in [-0.05, 0) is 30.7 Å². The zero-order chi connectivity index (χ0) is 21.5. The highest BCUT2D eigenvalue weighted by molar-refractivity contribution is 6.34. The van der Waals surface area contributed by atoms with Crippen LogP contribution in [-0.2, 0) is 11.3 Å². The summed E-state index contributed by atoms with van der Waals surface area (Å²) in [5.74, 6) is 0.691. The molecule has 0 unspecified atom stereocenters. The summed E-state index contributed by atoms with van der Waals surface area (Å²) in [5.41, 5.74) is 1.50. The number of benzene rings is 2. The third kappa shape index (κ3) is 6.16. The van der Waals surface area contributed by atoms with Crippen molar-refractivity contribution in [1.82, 2.24) is 9.80 Å². The molecule has 1 amide bonds. The molecule has 0 aliphatic carbocycles. The molecule has 30 heavy (non-hydrogen) atoms. The number of carbonyl (C=O) groups excluding carboxylic acids is 1. The largest absolute Gasteiger partial charge is 0.494 e. The second-order valence-corrected chi connectivity index (χ2v) is 7.51. The van der Waals surface area contributed by atoms with Crippen molar-refractivity contribution < 1.29 is 14.5 Å². The van der Waals surface area contributed by atoms with E-state index in [4.69, 9.17) is 16.3 Å². The third-order valence-corrected chi connectivity index (χ3v) is 5.22. The SMILES string of the molecule is CCOc1ccc(CN2CCN(CC(=O)Nc3ccc([N+](=O)[O-])cc3Cl)CC2)cc1. The van der Waals surface area contributed by atoms with E-state index in [0.29, 0.717) is 12.3 Å². The van der Waals surface area contributed by atoms with Gasteiger partial charge in [-0.2, -0.15) is 0 Å². The number of nitro groups is 1. The van der Waals surface area contributed by atoms with Crippen molar-refractivity contribution in [2.24, 2.45) is 0 Å². The van der Waals surface area contributed by atoms with Gasteiger partial charge < -0.3 is 10.1 Å². The Kier molecular flexibility index (Phi) is 7.62. The van der Waals surface area contributed by atoms with Crippen LogP contribution in [-0.4, -0.2) is 60.0 Å². The van der Waals surface area contributed by atoms with Crippen molar-refractivity contribution in [3.05, 3.63) is 63.2 Å². The molecular weight excluding hydrogens is 408 g/mol. The summed E-state index contributed by atoms with van der Waals surface area (Å²) < 4.78 is 5.47. The molecule has 3 rings (SSSR count). The minimum absolute atomic E-state index is 0.110. The van der Waals surface area contributed by atoms with Gasteiger partial charge in [-0.1, -0.05) is 23.7 Å². The predicted molar refractivity (Wildman–Crippen MR) is 116 cm³/mol. The van der Waals surface area contributed by atoms with E-state index in [9.17, 15) is 14.9 Å². The van der Waals surface area contributed by atoms with Gasteiger partial charge in [-0.3, -0.25) is 24.7 Å². The van der Waals surface area contributed by atoms with E-state index in [0.717, 1.165) is 38.5 Å². The molecule has 8 nitrogen and oxygen atoms in total. The van der Waals surface area contributed by atoms with Crippen molar-refractivity contribution in [3.63, 3.8) is 0 Å².